The number of rotatable bonds is 2. The molecule has 1 aromatic heterocycles. The monoisotopic (exact) mass is 259 g/mol. The van der Waals surface area contributed by atoms with Crippen LogP contribution in [0.4, 0.5) is 5.69 Å². The number of imidazole rings is 1. The van der Waals surface area contributed by atoms with Gasteiger partial charge in [-0.3, -0.25) is 4.79 Å². The van der Waals surface area contributed by atoms with Crippen molar-refractivity contribution < 1.29 is 4.79 Å². The molecule has 92 valence electrons. The minimum absolute atomic E-state index is 0.0661. The molecule has 0 radical (unpaired) electrons. The lowest BCUT2D eigenvalue weighted by Gasteiger charge is -2.07. The van der Waals surface area contributed by atoms with Crippen LogP contribution in [0, 0.1) is 0 Å². The maximum atomic E-state index is 11.2. The number of benzene rings is 1. The first-order valence-corrected chi connectivity index (χ1v) is 6.79. The zero-order valence-electron chi connectivity index (χ0n) is 10.0. The number of thioether (sulfide) groups is 1. The van der Waals surface area contributed by atoms with Gasteiger partial charge >= 0.3 is 0 Å². The number of amides is 1. The fourth-order valence-electron chi connectivity index (χ4n) is 2.04. The number of fused-ring (bicyclic) bond motifs is 1. The van der Waals surface area contributed by atoms with Gasteiger partial charge in [0.15, 0.2) is 5.16 Å². The topological polar surface area (TPSA) is 46.9 Å². The van der Waals surface area contributed by atoms with Crippen LogP contribution in [0.2, 0.25) is 0 Å². The van der Waals surface area contributed by atoms with E-state index >= 15 is 0 Å². The van der Waals surface area contributed by atoms with E-state index in [1.807, 2.05) is 24.3 Å². The van der Waals surface area contributed by atoms with Crippen LogP contribution >= 0.6 is 11.8 Å². The van der Waals surface area contributed by atoms with Crippen LogP contribution in [0.3, 0.4) is 0 Å². The van der Waals surface area contributed by atoms with E-state index in [1.165, 1.54) is 6.92 Å². The lowest BCUT2D eigenvalue weighted by Crippen LogP contribution is -2.06. The van der Waals surface area contributed by atoms with Crippen molar-refractivity contribution in [2.24, 2.45) is 0 Å². The molecular weight excluding hydrogens is 246 g/mol. The third-order valence-electron chi connectivity index (χ3n) is 2.82. The van der Waals surface area contributed by atoms with Gasteiger partial charge in [-0.2, -0.15) is 0 Å². The largest absolute Gasteiger partial charge is 0.326 e. The average molecular weight is 259 g/mol. The van der Waals surface area contributed by atoms with Crippen molar-refractivity contribution in [1.29, 1.82) is 0 Å². The highest BCUT2D eigenvalue weighted by molar-refractivity contribution is 7.99. The van der Waals surface area contributed by atoms with Crippen molar-refractivity contribution in [3.05, 3.63) is 30.5 Å². The zero-order valence-corrected chi connectivity index (χ0v) is 10.8. The zero-order chi connectivity index (χ0) is 12.5. The highest BCUT2D eigenvalue weighted by Crippen LogP contribution is 2.32. The molecule has 0 saturated carbocycles. The van der Waals surface area contributed by atoms with E-state index in [9.17, 15) is 4.79 Å². The van der Waals surface area contributed by atoms with Crippen molar-refractivity contribution in [2.45, 2.75) is 18.6 Å². The molecule has 0 fully saturated rings. The van der Waals surface area contributed by atoms with Crippen LogP contribution < -0.4 is 5.32 Å². The van der Waals surface area contributed by atoms with Gasteiger partial charge in [0.1, 0.15) is 0 Å². The summed E-state index contributed by atoms with van der Waals surface area (Å²) in [7, 11) is 0. The normalized spacial score (nSPS) is 13.4. The van der Waals surface area contributed by atoms with Crippen LogP contribution in [0.5, 0.6) is 0 Å². The van der Waals surface area contributed by atoms with Crippen LogP contribution in [-0.4, -0.2) is 21.2 Å². The van der Waals surface area contributed by atoms with Gasteiger partial charge in [0.05, 0.1) is 11.4 Å². The van der Waals surface area contributed by atoms with Gasteiger partial charge in [-0.15, -0.1) is 0 Å². The van der Waals surface area contributed by atoms with Gasteiger partial charge in [-0.1, -0.05) is 30.0 Å². The number of carbonyl (C=O) groups excluding carboxylic acids is 1. The molecular formula is C13H13N3OS. The molecule has 2 aromatic rings. The Morgan fingerprint density at radius 1 is 1.44 bits per heavy atom. The second-order valence-corrected chi connectivity index (χ2v) is 5.24. The fraction of sp³-hybridized carbons (Fsp3) is 0.231. The molecule has 1 aliphatic rings. The summed E-state index contributed by atoms with van der Waals surface area (Å²) in [5.41, 5.74) is 2.70. The number of carbonyl (C=O) groups is 1. The quantitative estimate of drug-likeness (QED) is 0.901. The molecule has 2 heterocycles. The number of para-hydroxylation sites is 1. The Morgan fingerprint density at radius 2 is 2.28 bits per heavy atom. The van der Waals surface area contributed by atoms with Gasteiger partial charge in [-0.25, -0.2) is 4.98 Å². The first kappa shape index (κ1) is 11.3. The van der Waals surface area contributed by atoms with Gasteiger partial charge in [0.25, 0.3) is 0 Å². The second kappa shape index (κ2) is 4.49. The van der Waals surface area contributed by atoms with E-state index in [-0.39, 0.29) is 5.91 Å². The molecule has 4 nitrogen and oxygen atoms in total. The van der Waals surface area contributed by atoms with Crippen LogP contribution in [-0.2, 0) is 11.3 Å². The minimum atomic E-state index is -0.0661. The third-order valence-corrected chi connectivity index (χ3v) is 3.79. The minimum Gasteiger partial charge on any atom is -0.326 e. The van der Waals surface area contributed by atoms with Gasteiger partial charge in [0.2, 0.25) is 5.91 Å². The van der Waals surface area contributed by atoms with Crippen LogP contribution in [0.1, 0.15) is 6.92 Å². The Labute approximate surface area is 109 Å². The smallest absolute Gasteiger partial charge is 0.221 e. The van der Waals surface area contributed by atoms with E-state index in [0.717, 1.165) is 34.4 Å². The van der Waals surface area contributed by atoms with Gasteiger partial charge < -0.3 is 9.88 Å². The highest BCUT2D eigenvalue weighted by atomic mass is 32.2. The predicted octanol–water partition coefficient (Wildman–Crippen LogP) is 2.61. The molecule has 18 heavy (non-hydrogen) atoms. The number of nitrogens with one attached hydrogen (secondary N) is 1. The third kappa shape index (κ3) is 2.01. The standard InChI is InChI=1S/C13H13N3OS/c1-9(17)14-11-5-3-2-4-10(11)12-8-16-6-7-18-13(16)15-12/h2-5,8H,6-7H2,1H3,(H,14,17). The Balaban J connectivity index is 2.02. The van der Waals surface area contributed by atoms with E-state index < -0.39 is 0 Å². The molecule has 0 bridgehead atoms. The Bertz CT molecular complexity index is 585. The molecule has 0 unspecified atom stereocenters. The first-order chi connectivity index (χ1) is 8.74. The maximum Gasteiger partial charge on any atom is 0.221 e. The number of aromatic nitrogens is 2. The van der Waals surface area contributed by atoms with Crippen molar-refractivity contribution in [3.8, 4) is 11.3 Å². The van der Waals surface area contributed by atoms with Crippen molar-refractivity contribution >= 4 is 23.4 Å². The summed E-state index contributed by atoms with van der Waals surface area (Å²) in [6.45, 7) is 2.52. The SMILES string of the molecule is CC(=O)Nc1ccccc1-c1cn2c(n1)SCC2. The number of anilines is 1. The molecule has 0 aliphatic carbocycles. The van der Waals surface area contributed by atoms with E-state index in [1.54, 1.807) is 11.8 Å². The molecule has 5 heteroatoms. The fourth-order valence-corrected chi connectivity index (χ4v) is 2.99. The van der Waals surface area contributed by atoms with E-state index in [2.05, 4.69) is 21.1 Å². The van der Waals surface area contributed by atoms with Crippen molar-refractivity contribution in [2.75, 3.05) is 11.1 Å². The summed E-state index contributed by atoms with van der Waals surface area (Å²) in [6.07, 6.45) is 2.05. The molecule has 1 aliphatic heterocycles. The summed E-state index contributed by atoms with van der Waals surface area (Å²) < 4.78 is 2.16. The number of aryl methyl sites for hydroxylation is 1. The van der Waals surface area contributed by atoms with Crippen molar-refractivity contribution in [1.82, 2.24) is 9.55 Å². The lowest BCUT2D eigenvalue weighted by molar-refractivity contribution is -0.114. The average Bonchev–Trinajstić information content (AvgIpc) is 2.89. The summed E-state index contributed by atoms with van der Waals surface area (Å²) in [5, 5.41) is 3.90. The molecule has 1 aromatic carbocycles. The Morgan fingerprint density at radius 3 is 3.06 bits per heavy atom. The van der Waals surface area contributed by atoms with E-state index in [4.69, 9.17) is 0 Å². The molecule has 0 saturated heterocycles. The van der Waals surface area contributed by atoms with Crippen LogP contribution in [0.15, 0.2) is 35.6 Å². The summed E-state index contributed by atoms with van der Waals surface area (Å²) >= 11 is 1.77. The van der Waals surface area contributed by atoms with Gasteiger partial charge in [-0.05, 0) is 6.07 Å². The Hall–Kier alpha value is -1.75. The molecule has 0 spiro atoms. The van der Waals surface area contributed by atoms with Crippen molar-refractivity contribution in [3.63, 3.8) is 0 Å². The maximum absolute atomic E-state index is 11.2. The predicted molar refractivity (Wildman–Crippen MR) is 72.7 cm³/mol. The summed E-state index contributed by atoms with van der Waals surface area (Å²) in [4.78, 5) is 15.8. The number of nitrogens with zero attached hydrogens (tertiary/aromatic N) is 2. The lowest BCUT2D eigenvalue weighted by atomic mass is 10.1. The summed E-state index contributed by atoms with van der Waals surface area (Å²) in [5.74, 6) is 1.03. The molecule has 1 N–H and O–H groups in total. The second-order valence-electron chi connectivity index (χ2n) is 4.18. The Kier molecular flexibility index (Phi) is 2.83. The number of hydrogen-bond acceptors (Lipinski definition) is 3. The van der Waals surface area contributed by atoms with Gasteiger partial charge in [0, 0.05) is 31.0 Å². The highest BCUT2D eigenvalue weighted by Gasteiger charge is 2.16. The first-order valence-electron chi connectivity index (χ1n) is 5.81. The molecule has 3 rings (SSSR count). The summed E-state index contributed by atoms with van der Waals surface area (Å²) in [6, 6.07) is 7.74. The van der Waals surface area contributed by atoms with E-state index in [0.29, 0.717) is 0 Å². The number of hydrogen-bond donors (Lipinski definition) is 1. The molecule has 0 atom stereocenters. The van der Waals surface area contributed by atoms with Crippen LogP contribution in [0.25, 0.3) is 11.3 Å². The molecule has 1 amide bonds.